The second-order valence-corrected chi connectivity index (χ2v) is 1.64. The Labute approximate surface area is 53.3 Å². The molecule has 3 heteroatoms. The standard InChI is InChI=1S/C6H5BO2/c8-7(9)6-4-2-1-3-5-6/h2,4-5,8-9H. The highest BCUT2D eigenvalue weighted by Crippen LogP contribution is 1.99. The van der Waals surface area contributed by atoms with Gasteiger partial charge in [-0.25, -0.2) is 0 Å². The monoisotopic (exact) mass is 120 g/mol. The minimum absolute atomic E-state index is 0.439. The smallest absolute Gasteiger partial charge is 0.423 e. The van der Waals surface area contributed by atoms with Crippen molar-refractivity contribution >= 4 is 7.12 Å². The second kappa shape index (κ2) is 2.54. The largest absolute Gasteiger partial charge is 0.489 e. The van der Waals surface area contributed by atoms with Gasteiger partial charge in [-0.15, -0.1) is 0 Å². The fraction of sp³-hybridized carbons (Fsp3) is 0. The van der Waals surface area contributed by atoms with Crippen molar-refractivity contribution < 1.29 is 10.0 Å². The topological polar surface area (TPSA) is 40.5 Å². The van der Waals surface area contributed by atoms with E-state index in [-0.39, 0.29) is 0 Å². The molecule has 0 atom stereocenters. The summed E-state index contributed by atoms with van der Waals surface area (Å²) >= 11 is 0. The molecule has 0 saturated carbocycles. The normalized spacial score (nSPS) is 13.8. The first-order chi connectivity index (χ1) is 4.30. The van der Waals surface area contributed by atoms with Crippen LogP contribution in [0, 0.1) is 0 Å². The van der Waals surface area contributed by atoms with E-state index in [2.05, 4.69) is 11.5 Å². The van der Waals surface area contributed by atoms with E-state index in [0.717, 1.165) is 0 Å². The van der Waals surface area contributed by atoms with Gasteiger partial charge in [0.05, 0.1) is 0 Å². The third-order valence-corrected chi connectivity index (χ3v) is 0.979. The van der Waals surface area contributed by atoms with Crippen molar-refractivity contribution in [3.63, 3.8) is 0 Å². The maximum absolute atomic E-state index is 8.55. The van der Waals surface area contributed by atoms with Gasteiger partial charge in [0.15, 0.2) is 0 Å². The number of hydrogen-bond donors (Lipinski definition) is 2. The van der Waals surface area contributed by atoms with Crippen LogP contribution in [0.3, 0.4) is 0 Å². The SMILES string of the molecule is OB(O)C1=CC=C=C=C1. The maximum atomic E-state index is 8.55. The molecule has 1 aliphatic rings. The minimum Gasteiger partial charge on any atom is -0.423 e. The van der Waals surface area contributed by atoms with E-state index < -0.39 is 7.12 Å². The average molecular weight is 120 g/mol. The van der Waals surface area contributed by atoms with Crippen molar-refractivity contribution in [2.75, 3.05) is 0 Å². The molecule has 0 spiro atoms. The molecule has 9 heavy (non-hydrogen) atoms. The van der Waals surface area contributed by atoms with Crippen molar-refractivity contribution in [3.8, 4) is 0 Å². The molecule has 0 saturated heterocycles. The predicted molar refractivity (Wildman–Crippen MR) is 34.4 cm³/mol. The first-order valence-corrected chi connectivity index (χ1v) is 2.54. The highest BCUT2D eigenvalue weighted by atomic mass is 16.4. The third kappa shape index (κ3) is 1.46. The Bertz CT molecular complexity index is 227. The Morgan fingerprint density at radius 2 is 2.11 bits per heavy atom. The fourth-order valence-electron chi connectivity index (χ4n) is 0.520. The zero-order valence-corrected chi connectivity index (χ0v) is 4.70. The third-order valence-electron chi connectivity index (χ3n) is 0.979. The molecule has 0 aromatic rings. The zero-order valence-electron chi connectivity index (χ0n) is 4.70. The molecular weight excluding hydrogens is 115 g/mol. The van der Waals surface area contributed by atoms with Crippen LogP contribution < -0.4 is 0 Å². The molecule has 1 rings (SSSR count). The van der Waals surface area contributed by atoms with E-state index in [9.17, 15) is 0 Å². The van der Waals surface area contributed by atoms with Crippen molar-refractivity contribution in [1.82, 2.24) is 0 Å². The van der Waals surface area contributed by atoms with E-state index in [1.165, 1.54) is 6.08 Å². The number of rotatable bonds is 1. The second-order valence-electron chi connectivity index (χ2n) is 1.64. The van der Waals surface area contributed by atoms with Gasteiger partial charge in [0, 0.05) is 0 Å². The molecule has 0 radical (unpaired) electrons. The van der Waals surface area contributed by atoms with Gasteiger partial charge >= 0.3 is 7.12 Å². The zero-order chi connectivity index (χ0) is 6.69. The molecule has 0 aromatic heterocycles. The Kier molecular flexibility index (Phi) is 1.73. The Morgan fingerprint density at radius 3 is 2.44 bits per heavy atom. The van der Waals surface area contributed by atoms with Gasteiger partial charge in [0.2, 0.25) is 0 Å². The summed E-state index contributed by atoms with van der Waals surface area (Å²) in [7, 11) is -1.39. The molecule has 0 aromatic carbocycles. The van der Waals surface area contributed by atoms with E-state index in [0.29, 0.717) is 5.47 Å². The Morgan fingerprint density at radius 1 is 1.33 bits per heavy atom. The van der Waals surface area contributed by atoms with Crippen LogP contribution in [0.1, 0.15) is 0 Å². The van der Waals surface area contributed by atoms with Gasteiger partial charge in [0.1, 0.15) is 0 Å². The lowest BCUT2D eigenvalue weighted by atomic mass is 9.78. The van der Waals surface area contributed by atoms with Gasteiger partial charge in [-0.3, -0.25) is 0 Å². The van der Waals surface area contributed by atoms with E-state index >= 15 is 0 Å². The summed E-state index contributed by atoms with van der Waals surface area (Å²) in [4.78, 5) is 0. The van der Waals surface area contributed by atoms with Crippen LogP contribution in [-0.2, 0) is 0 Å². The van der Waals surface area contributed by atoms with Crippen LogP contribution >= 0.6 is 0 Å². The number of allylic oxidation sites excluding steroid dienone is 4. The van der Waals surface area contributed by atoms with Crippen molar-refractivity contribution in [1.29, 1.82) is 0 Å². The van der Waals surface area contributed by atoms with Crippen LogP contribution in [-0.4, -0.2) is 17.2 Å². The summed E-state index contributed by atoms with van der Waals surface area (Å²) in [5.41, 5.74) is 5.68. The molecule has 0 unspecified atom stereocenters. The summed E-state index contributed by atoms with van der Waals surface area (Å²) in [6.45, 7) is 0. The summed E-state index contributed by atoms with van der Waals surface area (Å²) in [6.07, 6.45) is 4.63. The van der Waals surface area contributed by atoms with Gasteiger partial charge < -0.3 is 10.0 Å². The van der Waals surface area contributed by atoms with Gasteiger partial charge in [-0.2, -0.15) is 0 Å². The first-order valence-electron chi connectivity index (χ1n) is 2.54. The highest BCUT2D eigenvalue weighted by molar-refractivity contribution is 6.51. The summed E-state index contributed by atoms with van der Waals surface area (Å²) < 4.78 is 0. The van der Waals surface area contributed by atoms with Crippen LogP contribution in [0.4, 0.5) is 0 Å². The van der Waals surface area contributed by atoms with E-state index in [1.54, 1.807) is 12.2 Å². The Balaban J connectivity index is 2.80. The fourth-order valence-corrected chi connectivity index (χ4v) is 0.520. The molecule has 0 bridgehead atoms. The molecule has 2 nitrogen and oxygen atoms in total. The molecular formula is C6H5BO2. The van der Waals surface area contributed by atoms with Crippen LogP contribution in [0.25, 0.3) is 0 Å². The lowest BCUT2D eigenvalue weighted by molar-refractivity contribution is 0.420. The molecule has 1 aliphatic carbocycles. The lowest BCUT2D eigenvalue weighted by Crippen LogP contribution is -2.13. The Hall–Kier alpha value is -0.975. The average Bonchev–Trinajstić information content (AvgIpc) is 1.90. The molecule has 44 valence electrons. The molecule has 0 fully saturated rings. The van der Waals surface area contributed by atoms with Crippen LogP contribution in [0.5, 0.6) is 0 Å². The van der Waals surface area contributed by atoms with Crippen molar-refractivity contribution in [2.45, 2.75) is 0 Å². The van der Waals surface area contributed by atoms with Crippen LogP contribution in [0.15, 0.2) is 35.2 Å². The summed E-state index contributed by atoms with van der Waals surface area (Å²) in [5.74, 6) is 0. The van der Waals surface area contributed by atoms with Gasteiger partial charge in [0.25, 0.3) is 0 Å². The number of hydrogen-bond acceptors (Lipinski definition) is 2. The van der Waals surface area contributed by atoms with Crippen molar-refractivity contribution in [3.05, 3.63) is 35.2 Å². The highest BCUT2D eigenvalue weighted by Gasteiger charge is 2.10. The molecule has 0 aliphatic heterocycles. The molecule has 0 amide bonds. The quantitative estimate of drug-likeness (QED) is 0.371. The van der Waals surface area contributed by atoms with Crippen LogP contribution in [0.2, 0.25) is 0 Å². The van der Waals surface area contributed by atoms with Gasteiger partial charge in [-0.05, 0) is 17.6 Å². The van der Waals surface area contributed by atoms with E-state index in [1.807, 2.05) is 0 Å². The first kappa shape index (κ1) is 6.15. The lowest BCUT2D eigenvalue weighted by Gasteiger charge is -1.95. The van der Waals surface area contributed by atoms with E-state index in [4.69, 9.17) is 10.0 Å². The minimum atomic E-state index is -1.39. The predicted octanol–water partition coefficient (Wildman–Crippen LogP) is -0.195. The summed E-state index contributed by atoms with van der Waals surface area (Å²) in [6, 6.07) is 0. The molecule has 2 N–H and O–H groups in total. The molecule has 0 heterocycles. The van der Waals surface area contributed by atoms with Gasteiger partial charge in [-0.1, -0.05) is 17.5 Å². The summed E-state index contributed by atoms with van der Waals surface area (Å²) in [5, 5.41) is 17.1. The van der Waals surface area contributed by atoms with Crippen molar-refractivity contribution in [2.24, 2.45) is 0 Å². The maximum Gasteiger partial charge on any atom is 0.489 e.